The SMILES string of the molecule is Nc1c(N2CCc3ccc(CNCl)cc3C2=O)c(=O)c1=O. The molecule has 3 N–H and O–H groups in total. The molecule has 0 spiro atoms. The van der Waals surface area contributed by atoms with Crippen LogP contribution >= 0.6 is 11.8 Å². The van der Waals surface area contributed by atoms with Gasteiger partial charge in [-0.2, -0.15) is 0 Å². The van der Waals surface area contributed by atoms with Crippen molar-refractivity contribution in [2.75, 3.05) is 17.2 Å². The summed E-state index contributed by atoms with van der Waals surface area (Å²) in [6.45, 7) is 0.762. The van der Waals surface area contributed by atoms with Gasteiger partial charge in [0.25, 0.3) is 16.8 Å². The van der Waals surface area contributed by atoms with Crippen molar-refractivity contribution in [2.45, 2.75) is 13.0 Å². The lowest BCUT2D eigenvalue weighted by atomic mass is 9.95. The fraction of sp³-hybridized carbons (Fsp3) is 0.214. The third-order valence-electron chi connectivity index (χ3n) is 3.72. The monoisotopic (exact) mass is 305 g/mol. The van der Waals surface area contributed by atoms with E-state index in [2.05, 4.69) is 4.84 Å². The summed E-state index contributed by atoms with van der Waals surface area (Å²) in [4.78, 5) is 39.1. The normalized spacial score (nSPS) is 14.5. The van der Waals surface area contributed by atoms with Gasteiger partial charge in [-0.05, 0) is 35.4 Å². The van der Waals surface area contributed by atoms with E-state index in [-0.39, 0.29) is 17.3 Å². The largest absolute Gasteiger partial charge is 0.394 e. The number of nitrogens with zero attached hydrogens (tertiary/aromatic N) is 1. The fourth-order valence-corrected chi connectivity index (χ4v) is 2.74. The van der Waals surface area contributed by atoms with Gasteiger partial charge < -0.3 is 10.6 Å². The van der Waals surface area contributed by atoms with Crippen LogP contribution in [0.15, 0.2) is 27.8 Å². The number of carbonyl (C=O) groups is 1. The van der Waals surface area contributed by atoms with Crippen LogP contribution in [0.25, 0.3) is 0 Å². The number of anilines is 2. The minimum atomic E-state index is -0.719. The summed E-state index contributed by atoms with van der Waals surface area (Å²) in [5.74, 6) is -0.313. The third kappa shape index (κ3) is 2.03. The van der Waals surface area contributed by atoms with Crippen LogP contribution in [0, 0.1) is 0 Å². The number of hydrogen-bond acceptors (Lipinski definition) is 5. The van der Waals surface area contributed by atoms with Crippen LogP contribution in [0.1, 0.15) is 21.5 Å². The predicted molar refractivity (Wildman–Crippen MR) is 80.3 cm³/mol. The van der Waals surface area contributed by atoms with Crippen LogP contribution in [0.5, 0.6) is 0 Å². The van der Waals surface area contributed by atoms with Gasteiger partial charge in [-0.3, -0.25) is 14.4 Å². The van der Waals surface area contributed by atoms with Crippen molar-refractivity contribution in [3.8, 4) is 0 Å². The van der Waals surface area contributed by atoms with Gasteiger partial charge in [0.15, 0.2) is 0 Å². The Bertz CT molecular complexity index is 808. The Morgan fingerprint density at radius 2 is 2.00 bits per heavy atom. The molecule has 0 radical (unpaired) electrons. The standard InChI is InChI=1S/C14H12ClN3O3/c15-17-6-7-1-2-8-3-4-18(14(21)9(8)5-7)11-10(16)12(19)13(11)20/h1-2,5,17H,3-4,6,16H2. The molecule has 0 fully saturated rings. The van der Waals surface area contributed by atoms with E-state index in [9.17, 15) is 14.4 Å². The second-order valence-electron chi connectivity index (χ2n) is 4.93. The van der Waals surface area contributed by atoms with Crippen molar-refractivity contribution in [2.24, 2.45) is 0 Å². The topological polar surface area (TPSA) is 92.5 Å². The molecule has 0 bridgehead atoms. The van der Waals surface area contributed by atoms with E-state index in [1.807, 2.05) is 12.1 Å². The lowest BCUT2D eigenvalue weighted by molar-refractivity contribution is 0.0980. The number of nitrogens with two attached hydrogens (primary N) is 1. The molecule has 1 amide bonds. The molecule has 2 aromatic rings. The van der Waals surface area contributed by atoms with Crippen molar-refractivity contribution in [1.82, 2.24) is 4.84 Å². The molecule has 0 saturated carbocycles. The van der Waals surface area contributed by atoms with Crippen molar-refractivity contribution in [3.63, 3.8) is 0 Å². The Kier molecular flexibility index (Phi) is 3.27. The first kappa shape index (κ1) is 13.8. The molecule has 2 aromatic carbocycles. The molecule has 0 saturated heterocycles. The molecule has 108 valence electrons. The second kappa shape index (κ2) is 4.98. The Hall–Kier alpha value is -2.18. The Morgan fingerprint density at radius 1 is 1.24 bits per heavy atom. The van der Waals surface area contributed by atoms with Gasteiger partial charge >= 0.3 is 0 Å². The third-order valence-corrected chi connectivity index (χ3v) is 3.85. The zero-order valence-corrected chi connectivity index (χ0v) is 11.7. The molecule has 1 heterocycles. The van der Waals surface area contributed by atoms with Crippen LogP contribution < -0.4 is 26.3 Å². The fourth-order valence-electron chi connectivity index (χ4n) is 2.59. The first-order valence-electron chi connectivity index (χ1n) is 6.40. The summed E-state index contributed by atoms with van der Waals surface area (Å²) in [5.41, 5.74) is 6.30. The van der Waals surface area contributed by atoms with Crippen molar-refractivity contribution < 1.29 is 4.79 Å². The average Bonchev–Trinajstić information content (AvgIpc) is 2.50. The summed E-state index contributed by atoms with van der Waals surface area (Å²) >= 11 is 5.47. The van der Waals surface area contributed by atoms with E-state index in [4.69, 9.17) is 17.5 Å². The molecule has 0 aliphatic carbocycles. The first-order valence-corrected chi connectivity index (χ1v) is 6.78. The van der Waals surface area contributed by atoms with Crippen LogP contribution in [0.3, 0.4) is 0 Å². The molecule has 0 aromatic heterocycles. The van der Waals surface area contributed by atoms with E-state index in [1.54, 1.807) is 6.07 Å². The molecule has 21 heavy (non-hydrogen) atoms. The quantitative estimate of drug-likeness (QED) is 0.629. The summed E-state index contributed by atoms with van der Waals surface area (Å²) < 4.78 is 0. The predicted octanol–water partition coefficient (Wildman–Crippen LogP) is 0.311. The van der Waals surface area contributed by atoms with Crippen LogP contribution in [0.4, 0.5) is 11.4 Å². The van der Waals surface area contributed by atoms with Crippen LogP contribution in [-0.4, -0.2) is 12.5 Å². The second-order valence-corrected chi connectivity index (χ2v) is 5.20. The van der Waals surface area contributed by atoms with Crippen molar-refractivity contribution in [3.05, 3.63) is 55.3 Å². The zero-order valence-electron chi connectivity index (χ0n) is 11.0. The molecule has 7 heteroatoms. The molecule has 0 atom stereocenters. The number of amides is 1. The van der Waals surface area contributed by atoms with Crippen LogP contribution in [-0.2, 0) is 13.0 Å². The first-order chi connectivity index (χ1) is 10.0. The van der Waals surface area contributed by atoms with Gasteiger partial charge in [0.1, 0.15) is 11.4 Å². The van der Waals surface area contributed by atoms with Crippen molar-refractivity contribution in [1.29, 1.82) is 0 Å². The highest BCUT2D eigenvalue weighted by Crippen LogP contribution is 2.26. The van der Waals surface area contributed by atoms with Gasteiger partial charge in [-0.15, -0.1) is 0 Å². The lowest BCUT2D eigenvalue weighted by Crippen LogP contribution is -2.47. The maximum atomic E-state index is 12.5. The summed E-state index contributed by atoms with van der Waals surface area (Å²) in [6.07, 6.45) is 0.605. The number of benzene rings is 1. The molecule has 0 unspecified atom stereocenters. The number of carbonyl (C=O) groups excluding carboxylic acids is 1. The van der Waals surface area contributed by atoms with E-state index >= 15 is 0 Å². The van der Waals surface area contributed by atoms with E-state index in [0.717, 1.165) is 11.1 Å². The van der Waals surface area contributed by atoms with Gasteiger partial charge in [0, 0.05) is 18.7 Å². The summed E-state index contributed by atoms with van der Waals surface area (Å²) in [6, 6.07) is 5.50. The van der Waals surface area contributed by atoms with Crippen molar-refractivity contribution >= 4 is 29.1 Å². The lowest BCUT2D eigenvalue weighted by Gasteiger charge is -2.29. The molecule has 1 aliphatic rings. The number of rotatable bonds is 3. The van der Waals surface area contributed by atoms with Gasteiger partial charge in [0.05, 0.1) is 0 Å². The van der Waals surface area contributed by atoms with E-state index < -0.39 is 10.9 Å². The van der Waals surface area contributed by atoms with Gasteiger partial charge in [0.2, 0.25) is 0 Å². The minimum absolute atomic E-state index is 0.0246. The minimum Gasteiger partial charge on any atom is -0.394 e. The molecule has 1 aliphatic heterocycles. The average molecular weight is 306 g/mol. The summed E-state index contributed by atoms with van der Waals surface area (Å²) in [5, 5.41) is 0. The van der Waals surface area contributed by atoms with Gasteiger partial charge in [-0.1, -0.05) is 12.1 Å². The Balaban J connectivity index is 2.00. The number of fused-ring (bicyclic) bond motifs is 1. The van der Waals surface area contributed by atoms with E-state index in [1.165, 1.54) is 4.90 Å². The maximum absolute atomic E-state index is 12.5. The molecule has 6 nitrogen and oxygen atoms in total. The Morgan fingerprint density at radius 3 is 2.67 bits per heavy atom. The maximum Gasteiger partial charge on any atom is 0.258 e. The number of hydrogen-bond donors (Lipinski definition) is 2. The number of halogens is 1. The molecular weight excluding hydrogens is 294 g/mol. The van der Waals surface area contributed by atoms with Gasteiger partial charge in [-0.25, -0.2) is 4.84 Å². The number of nitrogens with one attached hydrogen (secondary N) is 1. The molecular formula is C14H12ClN3O3. The summed E-state index contributed by atoms with van der Waals surface area (Å²) in [7, 11) is 0. The number of nitrogen functional groups attached to an aromatic ring is 1. The zero-order chi connectivity index (χ0) is 15.1. The Labute approximate surface area is 124 Å². The smallest absolute Gasteiger partial charge is 0.258 e. The molecule has 3 rings (SSSR count). The highest BCUT2D eigenvalue weighted by atomic mass is 35.5. The highest BCUT2D eigenvalue weighted by molar-refractivity contribution is 6.13. The van der Waals surface area contributed by atoms with Crippen LogP contribution in [0.2, 0.25) is 0 Å². The highest BCUT2D eigenvalue weighted by Gasteiger charge is 2.32. The van der Waals surface area contributed by atoms with E-state index in [0.29, 0.717) is 25.1 Å².